The highest BCUT2D eigenvalue weighted by atomic mass is 79.9. The smallest absolute Gasteiger partial charge is 0.150 e. The van der Waals surface area contributed by atoms with Gasteiger partial charge in [0, 0.05) is 13.5 Å². The van der Waals surface area contributed by atoms with E-state index in [0.717, 1.165) is 15.9 Å². The van der Waals surface area contributed by atoms with E-state index < -0.39 is 15.9 Å². The van der Waals surface area contributed by atoms with Crippen LogP contribution in [-0.4, -0.2) is 40.9 Å². The second-order valence-corrected chi connectivity index (χ2v) is 8.35. The quantitative estimate of drug-likeness (QED) is 0.885. The molecule has 0 saturated carbocycles. The topological polar surface area (TPSA) is 72.2 Å². The third-order valence-electron chi connectivity index (χ3n) is 3.62. The van der Waals surface area contributed by atoms with Crippen LogP contribution in [0.4, 0.5) is 0 Å². The average molecular weight is 351 g/mol. The first-order valence-electron chi connectivity index (χ1n) is 6.35. The highest BCUT2D eigenvalue weighted by Gasteiger charge is 2.29. The van der Waals surface area contributed by atoms with Gasteiger partial charge in [-0.25, -0.2) is 8.42 Å². The molecule has 1 aromatic rings. The number of aromatic nitrogens is 2. The number of rotatable bonds is 4. The minimum atomic E-state index is -2.86. The molecule has 0 aliphatic carbocycles. The van der Waals surface area contributed by atoms with Crippen molar-refractivity contribution in [3.05, 3.63) is 15.9 Å². The molecule has 1 fully saturated rings. The van der Waals surface area contributed by atoms with E-state index in [4.69, 9.17) is 0 Å². The van der Waals surface area contributed by atoms with Crippen LogP contribution >= 0.6 is 15.9 Å². The summed E-state index contributed by atoms with van der Waals surface area (Å²) in [6.07, 6.45) is 1.18. The Morgan fingerprint density at radius 2 is 2.26 bits per heavy atom. The zero-order valence-electron chi connectivity index (χ0n) is 11.1. The summed E-state index contributed by atoms with van der Waals surface area (Å²) in [4.78, 5) is 0. The highest BCUT2D eigenvalue weighted by Crippen LogP contribution is 2.26. The maximum Gasteiger partial charge on any atom is 0.150 e. The van der Waals surface area contributed by atoms with Crippen LogP contribution in [-0.2, 0) is 23.3 Å². The van der Waals surface area contributed by atoms with Crippen LogP contribution in [0.25, 0.3) is 0 Å². The molecule has 0 radical (unpaired) electrons. The van der Waals surface area contributed by atoms with E-state index >= 15 is 0 Å². The van der Waals surface area contributed by atoms with Gasteiger partial charge in [0.1, 0.15) is 0 Å². The molecule has 2 atom stereocenters. The van der Waals surface area contributed by atoms with Gasteiger partial charge in [-0.15, -0.1) is 0 Å². The molecule has 19 heavy (non-hydrogen) atoms. The Morgan fingerprint density at radius 3 is 2.74 bits per heavy atom. The first-order valence-corrected chi connectivity index (χ1v) is 8.96. The van der Waals surface area contributed by atoms with Gasteiger partial charge in [0.25, 0.3) is 0 Å². The molecule has 0 aromatic carbocycles. The van der Waals surface area contributed by atoms with Gasteiger partial charge in [0.15, 0.2) is 9.84 Å². The number of hydrogen-bond acceptors (Lipinski definition) is 4. The average Bonchev–Trinajstić information content (AvgIpc) is 2.74. The lowest BCUT2D eigenvalue weighted by Crippen LogP contribution is -2.19. The van der Waals surface area contributed by atoms with Crippen LogP contribution in [0.15, 0.2) is 4.47 Å². The number of halogens is 1. The summed E-state index contributed by atoms with van der Waals surface area (Å²) in [5.74, 6) is 0.572. The van der Waals surface area contributed by atoms with Gasteiger partial charge in [0.05, 0.1) is 33.5 Å². The molecular weight excluding hydrogens is 332 g/mol. The molecule has 2 heterocycles. The third-order valence-corrected chi connectivity index (χ3v) is 6.49. The molecule has 1 N–H and O–H groups in total. The minimum Gasteiger partial charge on any atom is -0.393 e. The van der Waals surface area contributed by atoms with E-state index in [2.05, 4.69) is 21.0 Å². The summed E-state index contributed by atoms with van der Waals surface area (Å²) in [6.45, 7) is 1.91. The molecule has 5 nitrogen and oxygen atoms in total. The molecule has 0 spiro atoms. The number of hydrogen-bond donors (Lipinski definition) is 1. The zero-order valence-corrected chi connectivity index (χ0v) is 13.5. The summed E-state index contributed by atoms with van der Waals surface area (Å²) in [6, 6.07) is 0. The van der Waals surface area contributed by atoms with Crippen molar-refractivity contribution in [3.63, 3.8) is 0 Å². The molecule has 108 valence electrons. The van der Waals surface area contributed by atoms with Crippen LogP contribution in [0, 0.1) is 12.8 Å². The number of nitrogens with zero attached hydrogens (tertiary/aromatic N) is 2. The predicted octanol–water partition coefficient (Wildman–Crippen LogP) is 1.22. The highest BCUT2D eigenvalue weighted by molar-refractivity contribution is 9.10. The van der Waals surface area contributed by atoms with Gasteiger partial charge in [-0.05, 0) is 41.6 Å². The Morgan fingerprint density at radius 1 is 1.58 bits per heavy atom. The summed E-state index contributed by atoms with van der Waals surface area (Å²) >= 11 is 3.47. The second-order valence-electron chi connectivity index (χ2n) is 5.33. The van der Waals surface area contributed by atoms with Crippen molar-refractivity contribution in [2.24, 2.45) is 13.0 Å². The molecule has 1 aliphatic heterocycles. The SMILES string of the molecule is Cc1nn(C)c(CC(O)CC2CCS(=O)(=O)C2)c1Br. The van der Waals surface area contributed by atoms with Crippen molar-refractivity contribution in [2.75, 3.05) is 11.5 Å². The van der Waals surface area contributed by atoms with Crippen LogP contribution in [0.3, 0.4) is 0 Å². The number of sulfone groups is 1. The fourth-order valence-electron chi connectivity index (χ4n) is 2.65. The molecule has 7 heteroatoms. The molecule has 1 saturated heterocycles. The van der Waals surface area contributed by atoms with E-state index in [9.17, 15) is 13.5 Å². The largest absolute Gasteiger partial charge is 0.393 e. The standard InChI is InChI=1S/C12H19BrN2O3S/c1-8-12(13)11(15(2)14-8)6-10(16)5-9-3-4-19(17,18)7-9/h9-10,16H,3-7H2,1-2H3. The van der Waals surface area contributed by atoms with Gasteiger partial charge in [-0.1, -0.05) is 0 Å². The molecule has 1 aliphatic rings. The normalized spacial score (nSPS) is 23.7. The van der Waals surface area contributed by atoms with Crippen LogP contribution in [0.1, 0.15) is 24.2 Å². The van der Waals surface area contributed by atoms with Gasteiger partial charge in [-0.3, -0.25) is 4.68 Å². The fraction of sp³-hybridized carbons (Fsp3) is 0.750. The van der Waals surface area contributed by atoms with E-state index in [-0.39, 0.29) is 17.4 Å². The van der Waals surface area contributed by atoms with Gasteiger partial charge < -0.3 is 5.11 Å². The minimum absolute atomic E-state index is 0.0908. The van der Waals surface area contributed by atoms with Crippen LogP contribution in [0.2, 0.25) is 0 Å². The zero-order chi connectivity index (χ0) is 14.2. The summed E-state index contributed by atoms with van der Waals surface area (Å²) in [5, 5.41) is 14.4. The number of aliphatic hydroxyl groups excluding tert-OH is 1. The predicted molar refractivity (Wildman–Crippen MR) is 76.7 cm³/mol. The van der Waals surface area contributed by atoms with Crippen molar-refractivity contribution in [1.82, 2.24) is 9.78 Å². The number of aryl methyl sites for hydroxylation is 2. The van der Waals surface area contributed by atoms with E-state index in [1.807, 2.05) is 14.0 Å². The second kappa shape index (κ2) is 5.54. The van der Waals surface area contributed by atoms with Crippen molar-refractivity contribution in [1.29, 1.82) is 0 Å². The van der Waals surface area contributed by atoms with E-state index in [1.165, 1.54) is 0 Å². The summed E-state index contributed by atoms with van der Waals surface area (Å²) in [5.41, 5.74) is 1.85. The van der Waals surface area contributed by atoms with Crippen LogP contribution < -0.4 is 0 Å². The Bertz CT molecular complexity index is 568. The number of aliphatic hydroxyl groups is 1. The Balaban J connectivity index is 1.96. The monoisotopic (exact) mass is 350 g/mol. The molecular formula is C12H19BrN2O3S. The maximum atomic E-state index is 11.4. The Labute approximate surface area is 122 Å². The maximum absolute atomic E-state index is 11.4. The first kappa shape index (κ1) is 15.0. The molecule has 1 aromatic heterocycles. The van der Waals surface area contributed by atoms with Crippen molar-refractivity contribution in [3.8, 4) is 0 Å². The Kier molecular flexibility index (Phi) is 4.37. The first-order chi connectivity index (χ1) is 8.78. The molecule has 0 bridgehead atoms. The van der Waals surface area contributed by atoms with Crippen molar-refractivity contribution >= 4 is 25.8 Å². The lowest BCUT2D eigenvalue weighted by Gasteiger charge is -2.14. The molecule has 0 amide bonds. The van der Waals surface area contributed by atoms with Crippen molar-refractivity contribution in [2.45, 2.75) is 32.3 Å². The lowest BCUT2D eigenvalue weighted by molar-refractivity contribution is 0.144. The van der Waals surface area contributed by atoms with Crippen molar-refractivity contribution < 1.29 is 13.5 Å². The molecule has 2 rings (SSSR count). The summed E-state index contributed by atoms with van der Waals surface area (Å²) < 4.78 is 25.5. The fourth-order valence-corrected chi connectivity index (χ4v) is 5.03. The lowest BCUT2D eigenvalue weighted by atomic mass is 9.98. The van der Waals surface area contributed by atoms with E-state index in [1.54, 1.807) is 4.68 Å². The summed E-state index contributed by atoms with van der Waals surface area (Å²) in [7, 11) is -1.02. The third kappa shape index (κ3) is 3.58. The van der Waals surface area contributed by atoms with Gasteiger partial charge in [0.2, 0.25) is 0 Å². The Hall–Kier alpha value is -0.400. The van der Waals surface area contributed by atoms with Gasteiger partial charge in [-0.2, -0.15) is 5.10 Å². The van der Waals surface area contributed by atoms with Gasteiger partial charge >= 0.3 is 0 Å². The van der Waals surface area contributed by atoms with E-state index in [0.29, 0.717) is 19.3 Å². The van der Waals surface area contributed by atoms with Crippen LogP contribution in [0.5, 0.6) is 0 Å². The molecule has 2 unspecified atom stereocenters.